The summed E-state index contributed by atoms with van der Waals surface area (Å²) in [7, 11) is -2.90. The number of methoxy groups -OCH3 is 1. The number of unbranched alkanes of at least 4 members (excludes halogenated alkanes) is 11. The molecule has 7 heteroatoms. The van der Waals surface area contributed by atoms with Gasteiger partial charge in [0.15, 0.2) is 5.60 Å². The zero-order valence-electron chi connectivity index (χ0n) is 20.1. The normalized spacial score (nSPS) is 13.6. The third-order valence-electron chi connectivity index (χ3n) is 5.77. The van der Waals surface area contributed by atoms with Gasteiger partial charge in [0.25, 0.3) is 10.1 Å². The highest BCUT2D eigenvalue weighted by molar-refractivity contribution is 7.86. The number of rotatable bonds is 18. The Morgan fingerprint density at radius 3 is 1.81 bits per heavy atom. The maximum Gasteiger partial charge on any atom is 0.340 e. The van der Waals surface area contributed by atoms with E-state index in [1.165, 1.54) is 70.6 Å². The number of hydrogen-bond donors (Lipinski definition) is 1. The molecule has 184 valence electrons. The maximum absolute atomic E-state index is 12.4. The van der Waals surface area contributed by atoms with Crippen molar-refractivity contribution in [3.63, 3.8) is 0 Å². The minimum Gasteiger partial charge on any atom is -0.467 e. The first-order chi connectivity index (χ1) is 15.2. The number of esters is 1. The number of benzene rings is 1. The first-order valence-corrected chi connectivity index (χ1v) is 13.4. The zero-order valence-corrected chi connectivity index (χ0v) is 20.9. The van der Waals surface area contributed by atoms with Crippen LogP contribution in [0.25, 0.3) is 0 Å². The smallest absolute Gasteiger partial charge is 0.340 e. The molecule has 0 fully saturated rings. The molecule has 0 aliphatic heterocycles. The molecule has 1 aromatic rings. The van der Waals surface area contributed by atoms with Crippen molar-refractivity contribution in [3.05, 3.63) is 29.8 Å². The summed E-state index contributed by atoms with van der Waals surface area (Å²) < 4.78 is 34.5. The molecule has 0 aromatic heterocycles. The fourth-order valence-corrected chi connectivity index (χ4v) is 4.59. The highest BCUT2D eigenvalue weighted by atomic mass is 32.2. The number of hydrogen-bond acceptors (Lipinski definition) is 6. The van der Waals surface area contributed by atoms with Crippen molar-refractivity contribution in [1.82, 2.24) is 0 Å². The summed E-state index contributed by atoms with van der Waals surface area (Å²) in [5.41, 5.74) is -1.06. The molecule has 6 nitrogen and oxygen atoms in total. The van der Waals surface area contributed by atoms with Crippen LogP contribution in [-0.2, 0) is 23.8 Å². The average Bonchev–Trinajstić information content (AvgIpc) is 2.78. The Balaban J connectivity index is 2.36. The van der Waals surface area contributed by atoms with Gasteiger partial charge in [-0.05, 0) is 31.9 Å². The number of carbonyl (C=O) groups excluding carboxylic acids is 1. The Morgan fingerprint density at radius 2 is 1.34 bits per heavy atom. The largest absolute Gasteiger partial charge is 0.467 e. The fraction of sp³-hybridized carbons (Fsp3) is 0.720. The average molecular weight is 471 g/mol. The van der Waals surface area contributed by atoms with Gasteiger partial charge in [0.1, 0.15) is 6.61 Å². The topological polar surface area (TPSA) is 89.9 Å². The predicted octanol–water partition coefficient (Wildman–Crippen LogP) is 5.70. The van der Waals surface area contributed by atoms with E-state index in [1.54, 1.807) is 12.1 Å². The van der Waals surface area contributed by atoms with E-state index in [1.807, 2.05) is 6.92 Å². The van der Waals surface area contributed by atoms with Gasteiger partial charge < -0.3 is 9.84 Å². The molecule has 1 rings (SSSR count). The molecule has 32 heavy (non-hydrogen) atoms. The van der Waals surface area contributed by atoms with Gasteiger partial charge >= 0.3 is 5.97 Å². The van der Waals surface area contributed by atoms with Gasteiger partial charge in [0, 0.05) is 0 Å². The summed E-state index contributed by atoms with van der Waals surface area (Å²) in [5.74, 6) is -0.875. The maximum atomic E-state index is 12.4. The van der Waals surface area contributed by atoms with Crippen LogP contribution in [0.1, 0.15) is 96.0 Å². The van der Waals surface area contributed by atoms with Crippen molar-refractivity contribution in [2.45, 2.75) is 108 Å². The summed E-state index contributed by atoms with van der Waals surface area (Å²) in [6.07, 6.45) is 14.1. The van der Waals surface area contributed by atoms with Gasteiger partial charge in [-0.1, -0.05) is 95.2 Å². The molecular weight excluding hydrogens is 428 g/mol. The van der Waals surface area contributed by atoms with Crippen LogP contribution in [0, 0.1) is 6.92 Å². The molecule has 0 radical (unpaired) electrons. The molecule has 0 amide bonds. The van der Waals surface area contributed by atoms with Gasteiger partial charge in [0.05, 0.1) is 12.0 Å². The van der Waals surface area contributed by atoms with Gasteiger partial charge in [-0.25, -0.2) is 4.79 Å². The summed E-state index contributed by atoms with van der Waals surface area (Å²) in [6, 6.07) is 6.20. The Kier molecular flexibility index (Phi) is 13.8. The Hall–Kier alpha value is -1.44. The molecule has 0 aliphatic rings. The van der Waals surface area contributed by atoms with Crippen LogP contribution >= 0.6 is 0 Å². The van der Waals surface area contributed by atoms with Crippen molar-refractivity contribution in [2.75, 3.05) is 13.7 Å². The van der Waals surface area contributed by atoms with Gasteiger partial charge in [-0.3, -0.25) is 4.18 Å². The fourth-order valence-electron chi connectivity index (χ4n) is 3.63. The molecule has 0 bridgehead atoms. The van der Waals surface area contributed by atoms with Crippen LogP contribution in [0.3, 0.4) is 0 Å². The van der Waals surface area contributed by atoms with Crippen LogP contribution in [0.2, 0.25) is 0 Å². The van der Waals surface area contributed by atoms with E-state index >= 15 is 0 Å². The summed E-state index contributed by atoms with van der Waals surface area (Å²) in [6.45, 7) is 3.42. The first kappa shape index (κ1) is 28.6. The molecule has 1 N–H and O–H groups in total. The lowest BCUT2D eigenvalue weighted by atomic mass is 9.96. The van der Waals surface area contributed by atoms with Crippen molar-refractivity contribution in [3.8, 4) is 0 Å². The molecule has 1 aromatic carbocycles. The SMILES string of the molecule is CCCCCCCCCCCCCC[C@](O)(COS(=O)(=O)c1ccc(C)cc1)C(=O)OC. The molecular formula is C25H42O6S. The molecule has 0 saturated heterocycles. The lowest BCUT2D eigenvalue weighted by Crippen LogP contribution is -2.44. The van der Waals surface area contributed by atoms with Crippen molar-refractivity contribution in [1.29, 1.82) is 0 Å². The van der Waals surface area contributed by atoms with Crippen molar-refractivity contribution < 1.29 is 27.2 Å². The second kappa shape index (κ2) is 15.4. The minimum absolute atomic E-state index is 0.0133. The summed E-state index contributed by atoms with van der Waals surface area (Å²) in [5, 5.41) is 10.7. The first-order valence-electron chi connectivity index (χ1n) is 12.0. The van der Waals surface area contributed by atoms with Crippen LogP contribution in [-0.4, -0.2) is 38.8 Å². The minimum atomic E-state index is -4.08. The lowest BCUT2D eigenvalue weighted by Gasteiger charge is -2.24. The molecule has 0 spiro atoms. The molecule has 0 heterocycles. The van der Waals surface area contributed by atoms with E-state index in [-0.39, 0.29) is 11.3 Å². The second-order valence-corrected chi connectivity index (χ2v) is 10.3. The summed E-state index contributed by atoms with van der Waals surface area (Å²) in [4.78, 5) is 12.1. The van der Waals surface area contributed by atoms with Gasteiger partial charge in [-0.15, -0.1) is 0 Å². The standard InChI is InChI=1S/C25H42O6S/c1-4-5-6-7-8-9-10-11-12-13-14-15-20-25(27,24(26)30-3)21-31-32(28,29)23-18-16-22(2)17-19-23/h16-19,27H,4-15,20-21H2,1-3H3/t25-/m0/s1. The number of aliphatic hydroxyl groups is 1. The van der Waals surface area contributed by atoms with Crippen molar-refractivity contribution in [2.24, 2.45) is 0 Å². The van der Waals surface area contributed by atoms with Gasteiger partial charge in [-0.2, -0.15) is 8.42 Å². The Bertz CT molecular complexity index is 744. The van der Waals surface area contributed by atoms with E-state index in [2.05, 4.69) is 6.92 Å². The number of ether oxygens (including phenoxy) is 1. The number of aryl methyl sites for hydroxylation is 1. The van der Waals surface area contributed by atoms with Crippen LogP contribution in [0.15, 0.2) is 29.2 Å². The third kappa shape index (κ3) is 10.9. The van der Waals surface area contributed by atoms with E-state index in [0.717, 1.165) is 24.8 Å². The number of carbonyl (C=O) groups is 1. The predicted molar refractivity (Wildman–Crippen MR) is 127 cm³/mol. The second-order valence-electron chi connectivity index (χ2n) is 8.69. The third-order valence-corrected chi connectivity index (χ3v) is 7.05. The molecule has 0 aliphatic carbocycles. The van der Waals surface area contributed by atoms with Gasteiger partial charge in [0.2, 0.25) is 0 Å². The van der Waals surface area contributed by atoms with E-state index in [9.17, 15) is 18.3 Å². The van der Waals surface area contributed by atoms with Crippen LogP contribution in [0.4, 0.5) is 0 Å². The van der Waals surface area contributed by atoms with Crippen molar-refractivity contribution >= 4 is 16.1 Å². The zero-order chi connectivity index (χ0) is 23.9. The van der Waals surface area contributed by atoms with Crippen LogP contribution in [0.5, 0.6) is 0 Å². The van der Waals surface area contributed by atoms with E-state index < -0.39 is 28.3 Å². The quantitative estimate of drug-likeness (QED) is 0.168. The molecule has 0 saturated carbocycles. The van der Waals surface area contributed by atoms with E-state index in [0.29, 0.717) is 6.42 Å². The van der Waals surface area contributed by atoms with E-state index in [4.69, 9.17) is 8.92 Å². The summed E-state index contributed by atoms with van der Waals surface area (Å²) >= 11 is 0. The Morgan fingerprint density at radius 1 is 0.875 bits per heavy atom. The highest BCUT2D eigenvalue weighted by Crippen LogP contribution is 2.22. The Labute approximate surface area is 194 Å². The molecule has 0 unspecified atom stereocenters. The lowest BCUT2D eigenvalue weighted by molar-refractivity contribution is -0.166. The molecule has 1 atom stereocenters. The highest BCUT2D eigenvalue weighted by Gasteiger charge is 2.39. The van der Waals surface area contributed by atoms with Crippen LogP contribution < -0.4 is 0 Å². The monoisotopic (exact) mass is 470 g/mol.